The van der Waals surface area contributed by atoms with E-state index in [1.165, 1.54) is 0 Å². The maximum Gasteiger partial charge on any atom is 0.252 e. The van der Waals surface area contributed by atoms with Gasteiger partial charge in [-0.1, -0.05) is 42.5 Å². The van der Waals surface area contributed by atoms with E-state index < -0.39 is 0 Å². The third-order valence-corrected chi connectivity index (χ3v) is 4.91. The number of aryl methyl sites for hydroxylation is 1. The van der Waals surface area contributed by atoms with Crippen LogP contribution < -0.4 is 10.1 Å². The Balaban J connectivity index is 1.66. The lowest BCUT2D eigenvalue weighted by Crippen LogP contribution is -2.30. The molecule has 1 amide bonds. The fourth-order valence-electron chi connectivity index (χ4n) is 3.38. The predicted molar refractivity (Wildman–Crippen MR) is 114 cm³/mol. The van der Waals surface area contributed by atoms with E-state index in [0.717, 1.165) is 28.0 Å². The van der Waals surface area contributed by atoms with Crippen LogP contribution in [0.15, 0.2) is 72.8 Å². The van der Waals surface area contributed by atoms with Crippen molar-refractivity contribution in [1.29, 1.82) is 0 Å². The first kappa shape index (κ1) is 18.7. The molecular formula is C24H23N3O2. The van der Waals surface area contributed by atoms with Crippen LogP contribution in [0.25, 0.3) is 11.0 Å². The van der Waals surface area contributed by atoms with Gasteiger partial charge in [-0.15, -0.1) is 0 Å². The van der Waals surface area contributed by atoms with Crippen molar-refractivity contribution in [2.75, 3.05) is 7.11 Å². The summed E-state index contributed by atoms with van der Waals surface area (Å²) in [4.78, 5) is 21.1. The average Bonchev–Trinajstić information content (AvgIpc) is 3.17. The van der Waals surface area contributed by atoms with Crippen LogP contribution in [0.5, 0.6) is 5.75 Å². The van der Waals surface area contributed by atoms with Gasteiger partial charge in [0.15, 0.2) is 0 Å². The minimum Gasteiger partial charge on any atom is -0.497 e. The number of nitrogens with one attached hydrogen (secondary N) is 2. The first-order chi connectivity index (χ1) is 14.1. The summed E-state index contributed by atoms with van der Waals surface area (Å²) in [6.07, 6.45) is 0.634. The Bertz CT molecular complexity index is 1140. The van der Waals surface area contributed by atoms with Gasteiger partial charge < -0.3 is 15.0 Å². The number of nitrogens with zero attached hydrogens (tertiary/aromatic N) is 1. The Labute approximate surface area is 169 Å². The molecule has 0 fully saturated rings. The number of imidazole rings is 1. The zero-order valence-electron chi connectivity index (χ0n) is 16.5. The first-order valence-electron chi connectivity index (χ1n) is 9.57. The second kappa shape index (κ2) is 8.19. The largest absolute Gasteiger partial charge is 0.497 e. The Morgan fingerprint density at radius 2 is 1.90 bits per heavy atom. The van der Waals surface area contributed by atoms with Crippen molar-refractivity contribution < 1.29 is 9.53 Å². The number of fused-ring (bicyclic) bond motifs is 1. The lowest BCUT2D eigenvalue weighted by molar-refractivity contribution is 0.0934. The summed E-state index contributed by atoms with van der Waals surface area (Å²) in [6.45, 7) is 2.05. The van der Waals surface area contributed by atoms with Crippen molar-refractivity contribution in [2.45, 2.75) is 19.4 Å². The highest BCUT2D eigenvalue weighted by atomic mass is 16.5. The molecule has 146 valence electrons. The minimum absolute atomic E-state index is 0.165. The smallest absolute Gasteiger partial charge is 0.252 e. The van der Waals surface area contributed by atoms with E-state index in [9.17, 15) is 4.79 Å². The topological polar surface area (TPSA) is 67.0 Å². The highest BCUT2D eigenvalue weighted by Gasteiger charge is 2.20. The van der Waals surface area contributed by atoms with Crippen molar-refractivity contribution in [3.05, 3.63) is 95.3 Å². The van der Waals surface area contributed by atoms with E-state index in [-0.39, 0.29) is 11.9 Å². The Morgan fingerprint density at radius 1 is 1.07 bits per heavy atom. The molecule has 1 atom stereocenters. The van der Waals surface area contributed by atoms with Gasteiger partial charge in [0.1, 0.15) is 11.6 Å². The van der Waals surface area contributed by atoms with Gasteiger partial charge in [-0.25, -0.2) is 4.98 Å². The maximum absolute atomic E-state index is 12.9. The third-order valence-electron chi connectivity index (χ3n) is 4.91. The Morgan fingerprint density at radius 3 is 2.69 bits per heavy atom. The molecule has 4 aromatic rings. The monoisotopic (exact) mass is 385 g/mol. The summed E-state index contributed by atoms with van der Waals surface area (Å²) in [5.41, 5.74) is 4.69. The van der Waals surface area contributed by atoms with Crippen LogP contribution in [0.1, 0.15) is 33.4 Å². The van der Waals surface area contributed by atoms with E-state index in [2.05, 4.69) is 28.5 Å². The van der Waals surface area contributed by atoms with E-state index in [0.29, 0.717) is 17.7 Å². The lowest BCUT2D eigenvalue weighted by atomic mass is 10.0. The summed E-state index contributed by atoms with van der Waals surface area (Å²) in [5, 5.41) is 3.14. The number of ether oxygens (including phenoxy) is 1. The van der Waals surface area contributed by atoms with Crippen molar-refractivity contribution in [3.8, 4) is 5.75 Å². The predicted octanol–water partition coefficient (Wildman–Crippen LogP) is 4.59. The molecule has 0 saturated heterocycles. The molecule has 0 spiro atoms. The zero-order chi connectivity index (χ0) is 20.2. The van der Waals surface area contributed by atoms with Crippen LogP contribution in [-0.2, 0) is 6.42 Å². The summed E-state index contributed by atoms with van der Waals surface area (Å²) >= 11 is 0. The van der Waals surface area contributed by atoms with Gasteiger partial charge in [0, 0.05) is 5.56 Å². The molecule has 0 bridgehead atoms. The quantitative estimate of drug-likeness (QED) is 0.510. The third kappa shape index (κ3) is 4.29. The van der Waals surface area contributed by atoms with Gasteiger partial charge in [0.05, 0.1) is 24.2 Å². The van der Waals surface area contributed by atoms with E-state index in [1.807, 2.05) is 49.4 Å². The molecule has 1 unspecified atom stereocenters. The van der Waals surface area contributed by atoms with Crippen molar-refractivity contribution in [3.63, 3.8) is 0 Å². The van der Waals surface area contributed by atoms with Crippen LogP contribution in [0, 0.1) is 6.92 Å². The fourth-order valence-corrected chi connectivity index (χ4v) is 3.38. The number of rotatable bonds is 6. The molecule has 1 heterocycles. The van der Waals surface area contributed by atoms with E-state index >= 15 is 0 Å². The molecule has 0 aliphatic rings. The van der Waals surface area contributed by atoms with Crippen LogP contribution in [0.4, 0.5) is 0 Å². The maximum atomic E-state index is 12.9. The van der Waals surface area contributed by atoms with Gasteiger partial charge in [0.25, 0.3) is 5.91 Å². The van der Waals surface area contributed by atoms with Crippen molar-refractivity contribution in [2.24, 2.45) is 0 Å². The molecule has 0 aliphatic carbocycles. The SMILES string of the molecule is COc1cccc(C(=O)NC(Cc2ccccc2)c2nc3ccc(C)cc3[nH]2)c1. The zero-order valence-corrected chi connectivity index (χ0v) is 16.5. The van der Waals surface area contributed by atoms with Gasteiger partial charge in [0.2, 0.25) is 0 Å². The van der Waals surface area contributed by atoms with Crippen molar-refractivity contribution in [1.82, 2.24) is 15.3 Å². The number of benzene rings is 3. The number of aromatic nitrogens is 2. The van der Waals surface area contributed by atoms with Crippen molar-refractivity contribution >= 4 is 16.9 Å². The summed E-state index contributed by atoms with van der Waals surface area (Å²) in [6, 6.07) is 23.0. The second-order valence-corrected chi connectivity index (χ2v) is 7.09. The molecule has 5 nitrogen and oxygen atoms in total. The molecule has 1 aromatic heterocycles. The lowest BCUT2D eigenvalue weighted by Gasteiger charge is -2.17. The average molecular weight is 385 g/mol. The molecular weight excluding hydrogens is 362 g/mol. The molecule has 5 heteroatoms. The number of carbonyl (C=O) groups excluding carboxylic acids is 1. The van der Waals surface area contributed by atoms with E-state index in [1.54, 1.807) is 19.2 Å². The van der Waals surface area contributed by atoms with Crippen LogP contribution >= 0.6 is 0 Å². The summed E-state index contributed by atoms with van der Waals surface area (Å²) in [5.74, 6) is 1.23. The molecule has 4 rings (SSSR count). The molecule has 0 radical (unpaired) electrons. The number of aromatic amines is 1. The first-order valence-corrected chi connectivity index (χ1v) is 9.57. The van der Waals surface area contributed by atoms with Gasteiger partial charge in [-0.3, -0.25) is 4.79 Å². The second-order valence-electron chi connectivity index (χ2n) is 7.09. The number of H-pyrrole nitrogens is 1. The van der Waals surface area contributed by atoms with Crippen LogP contribution in [-0.4, -0.2) is 23.0 Å². The van der Waals surface area contributed by atoms with Crippen LogP contribution in [0.2, 0.25) is 0 Å². The summed E-state index contributed by atoms with van der Waals surface area (Å²) in [7, 11) is 1.59. The van der Waals surface area contributed by atoms with Crippen LogP contribution in [0.3, 0.4) is 0 Å². The number of carbonyl (C=O) groups is 1. The summed E-state index contributed by atoms with van der Waals surface area (Å²) < 4.78 is 5.24. The molecule has 29 heavy (non-hydrogen) atoms. The number of hydrogen-bond acceptors (Lipinski definition) is 3. The highest BCUT2D eigenvalue weighted by molar-refractivity contribution is 5.94. The van der Waals surface area contributed by atoms with Gasteiger partial charge in [-0.2, -0.15) is 0 Å². The van der Waals surface area contributed by atoms with Gasteiger partial charge in [-0.05, 0) is 54.8 Å². The normalized spacial score (nSPS) is 11.9. The Kier molecular flexibility index (Phi) is 5.29. The highest BCUT2D eigenvalue weighted by Crippen LogP contribution is 2.22. The number of methoxy groups -OCH3 is 1. The molecule has 0 aliphatic heterocycles. The molecule has 0 saturated carbocycles. The Hall–Kier alpha value is -3.60. The van der Waals surface area contributed by atoms with E-state index in [4.69, 9.17) is 9.72 Å². The molecule has 3 aromatic carbocycles. The fraction of sp³-hybridized carbons (Fsp3) is 0.167. The number of amides is 1. The molecule has 2 N–H and O–H groups in total. The minimum atomic E-state index is -0.288. The van der Waals surface area contributed by atoms with Gasteiger partial charge >= 0.3 is 0 Å². The number of hydrogen-bond donors (Lipinski definition) is 2. The standard InChI is InChI=1S/C24H23N3O2/c1-16-11-12-20-21(13-16)26-23(25-20)22(14-17-7-4-3-5-8-17)27-24(28)18-9-6-10-19(15-18)29-2/h3-13,15,22H,14H2,1-2H3,(H,25,26)(H,27,28).